The van der Waals surface area contributed by atoms with Gasteiger partial charge in [-0.05, 0) is 46.2 Å². The van der Waals surface area contributed by atoms with Crippen LogP contribution in [0, 0.1) is 0 Å². The summed E-state index contributed by atoms with van der Waals surface area (Å²) in [4.78, 5) is 19.2. The first-order chi connectivity index (χ1) is 11.1. The Bertz CT molecular complexity index is 345. The Morgan fingerprint density at radius 2 is 1.57 bits per heavy atom. The highest BCUT2D eigenvalue weighted by molar-refractivity contribution is 5.75. The van der Waals surface area contributed by atoms with Crippen LogP contribution in [-0.2, 0) is 4.79 Å². The van der Waals surface area contributed by atoms with Gasteiger partial charge in [-0.15, -0.1) is 0 Å². The van der Waals surface area contributed by atoms with Crippen LogP contribution in [0.5, 0.6) is 0 Å². The molecule has 2 aliphatic rings. The standard InChI is InChI=1S/C18H36N4O/c1-4-18(23)19-17-6-10-20(11-7-17)8-5-9-21-12-14-22(15-13-21)16(2)3/h16-17H,4-15H2,1-3H3,(H,19,23). The third kappa shape index (κ3) is 6.40. The second-order valence-corrected chi connectivity index (χ2v) is 7.36. The van der Waals surface area contributed by atoms with Crippen molar-refractivity contribution in [3.05, 3.63) is 0 Å². The molecule has 1 N–H and O–H groups in total. The number of hydrogen-bond donors (Lipinski definition) is 1. The van der Waals surface area contributed by atoms with Gasteiger partial charge in [0.05, 0.1) is 0 Å². The third-order valence-corrected chi connectivity index (χ3v) is 5.36. The molecule has 1 amide bonds. The summed E-state index contributed by atoms with van der Waals surface area (Å²) in [7, 11) is 0. The van der Waals surface area contributed by atoms with Crippen molar-refractivity contribution in [3.8, 4) is 0 Å². The summed E-state index contributed by atoms with van der Waals surface area (Å²) in [5.41, 5.74) is 0. The van der Waals surface area contributed by atoms with Gasteiger partial charge in [0.1, 0.15) is 0 Å². The van der Waals surface area contributed by atoms with Crippen LogP contribution in [0.15, 0.2) is 0 Å². The van der Waals surface area contributed by atoms with Crippen LogP contribution in [0.4, 0.5) is 0 Å². The van der Waals surface area contributed by atoms with Crippen LogP contribution in [0.25, 0.3) is 0 Å². The van der Waals surface area contributed by atoms with Gasteiger partial charge in [0.25, 0.3) is 0 Å². The zero-order valence-electron chi connectivity index (χ0n) is 15.4. The first-order valence-electron chi connectivity index (χ1n) is 9.56. The normalized spacial score (nSPS) is 22.6. The lowest BCUT2D eigenvalue weighted by molar-refractivity contribution is -0.121. The largest absolute Gasteiger partial charge is 0.353 e. The molecular formula is C18H36N4O. The van der Waals surface area contributed by atoms with E-state index in [1.165, 1.54) is 45.7 Å². The second kappa shape index (κ2) is 9.60. The molecule has 0 aromatic heterocycles. The Balaban J connectivity index is 1.54. The van der Waals surface area contributed by atoms with Gasteiger partial charge in [-0.1, -0.05) is 6.92 Å². The van der Waals surface area contributed by atoms with Crippen molar-refractivity contribution in [1.29, 1.82) is 0 Å². The van der Waals surface area contributed by atoms with E-state index in [4.69, 9.17) is 0 Å². The lowest BCUT2D eigenvalue weighted by Crippen LogP contribution is -2.49. The Labute approximate surface area is 142 Å². The number of nitrogens with zero attached hydrogens (tertiary/aromatic N) is 3. The van der Waals surface area contributed by atoms with Crippen molar-refractivity contribution in [2.45, 2.75) is 58.5 Å². The fraction of sp³-hybridized carbons (Fsp3) is 0.944. The SMILES string of the molecule is CCC(=O)NC1CCN(CCCN2CCN(C(C)C)CC2)CC1. The molecule has 0 aliphatic carbocycles. The molecule has 5 heteroatoms. The van der Waals surface area contributed by atoms with Crippen molar-refractivity contribution < 1.29 is 4.79 Å². The minimum atomic E-state index is 0.198. The van der Waals surface area contributed by atoms with Crippen molar-refractivity contribution >= 4 is 5.91 Å². The molecule has 0 atom stereocenters. The summed E-state index contributed by atoms with van der Waals surface area (Å²) in [5.74, 6) is 0.198. The van der Waals surface area contributed by atoms with E-state index in [9.17, 15) is 4.79 Å². The fourth-order valence-electron chi connectivity index (χ4n) is 3.65. The van der Waals surface area contributed by atoms with E-state index in [2.05, 4.69) is 33.9 Å². The maximum atomic E-state index is 11.4. The van der Waals surface area contributed by atoms with Crippen LogP contribution >= 0.6 is 0 Å². The summed E-state index contributed by atoms with van der Waals surface area (Å²) >= 11 is 0. The van der Waals surface area contributed by atoms with Gasteiger partial charge in [0.15, 0.2) is 0 Å². The molecule has 0 bridgehead atoms. The van der Waals surface area contributed by atoms with Crippen LogP contribution in [0.3, 0.4) is 0 Å². The van der Waals surface area contributed by atoms with Gasteiger partial charge >= 0.3 is 0 Å². The molecule has 134 valence electrons. The number of piperidine rings is 1. The van der Waals surface area contributed by atoms with Gasteiger partial charge in [0.2, 0.25) is 5.91 Å². The van der Waals surface area contributed by atoms with E-state index < -0.39 is 0 Å². The van der Waals surface area contributed by atoms with Gasteiger partial charge in [-0.2, -0.15) is 0 Å². The number of carbonyl (C=O) groups is 1. The first-order valence-corrected chi connectivity index (χ1v) is 9.56. The lowest BCUT2D eigenvalue weighted by atomic mass is 10.0. The van der Waals surface area contributed by atoms with Crippen molar-refractivity contribution in [3.63, 3.8) is 0 Å². The number of hydrogen-bond acceptors (Lipinski definition) is 4. The fourth-order valence-corrected chi connectivity index (χ4v) is 3.65. The zero-order valence-corrected chi connectivity index (χ0v) is 15.4. The molecule has 0 unspecified atom stereocenters. The van der Waals surface area contributed by atoms with Crippen molar-refractivity contribution in [2.75, 3.05) is 52.4 Å². The summed E-state index contributed by atoms with van der Waals surface area (Å²) < 4.78 is 0. The van der Waals surface area contributed by atoms with Crippen LogP contribution in [-0.4, -0.2) is 85.0 Å². The molecule has 2 aliphatic heterocycles. The molecule has 0 aromatic rings. The van der Waals surface area contributed by atoms with E-state index in [1.54, 1.807) is 0 Å². The van der Waals surface area contributed by atoms with Gasteiger partial charge in [0, 0.05) is 57.8 Å². The minimum Gasteiger partial charge on any atom is -0.353 e. The molecule has 0 aromatic carbocycles. The Hall–Kier alpha value is -0.650. The maximum absolute atomic E-state index is 11.4. The van der Waals surface area contributed by atoms with E-state index in [-0.39, 0.29) is 5.91 Å². The maximum Gasteiger partial charge on any atom is 0.219 e. The van der Waals surface area contributed by atoms with E-state index in [0.29, 0.717) is 18.5 Å². The highest BCUT2D eigenvalue weighted by Gasteiger charge is 2.21. The monoisotopic (exact) mass is 324 g/mol. The van der Waals surface area contributed by atoms with Crippen molar-refractivity contribution in [1.82, 2.24) is 20.0 Å². The van der Waals surface area contributed by atoms with Gasteiger partial charge < -0.3 is 15.1 Å². The van der Waals surface area contributed by atoms with Crippen LogP contribution in [0.2, 0.25) is 0 Å². The molecule has 2 saturated heterocycles. The molecule has 2 fully saturated rings. The highest BCUT2D eigenvalue weighted by atomic mass is 16.1. The Morgan fingerprint density at radius 3 is 2.09 bits per heavy atom. The van der Waals surface area contributed by atoms with E-state index >= 15 is 0 Å². The number of piperazine rings is 1. The molecule has 0 radical (unpaired) electrons. The van der Waals surface area contributed by atoms with Crippen LogP contribution in [0.1, 0.15) is 46.5 Å². The topological polar surface area (TPSA) is 38.8 Å². The quantitative estimate of drug-likeness (QED) is 0.768. The predicted molar refractivity (Wildman–Crippen MR) is 95.7 cm³/mol. The minimum absolute atomic E-state index is 0.198. The van der Waals surface area contributed by atoms with Crippen molar-refractivity contribution in [2.24, 2.45) is 0 Å². The molecule has 0 spiro atoms. The molecule has 2 heterocycles. The molecule has 23 heavy (non-hydrogen) atoms. The average molecular weight is 325 g/mol. The lowest BCUT2D eigenvalue weighted by Gasteiger charge is -2.37. The number of rotatable bonds is 7. The van der Waals surface area contributed by atoms with Crippen LogP contribution < -0.4 is 5.32 Å². The predicted octanol–water partition coefficient (Wildman–Crippen LogP) is 1.39. The van der Waals surface area contributed by atoms with Gasteiger partial charge in [-0.3, -0.25) is 9.69 Å². The summed E-state index contributed by atoms with van der Waals surface area (Å²) in [5, 5.41) is 3.13. The number of amides is 1. The van der Waals surface area contributed by atoms with Gasteiger partial charge in [-0.25, -0.2) is 0 Å². The first kappa shape index (κ1) is 18.7. The number of likely N-dealkylation sites (tertiary alicyclic amines) is 1. The second-order valence-electron chi connectivity index (χ2n) is 7.36. The highest BCUT2D eigenvalue weighted by Crippen LogP contribution is 2.12. The van der Waals surface area contributed by atoms with E-state index in [0.717, 1.165) is 25.9 Å². The average Bonchev–Trinajstić information content (AvgIpc) is 2.57. The summed E-state index contributed by atoms with van der Waals surface area (Å²) in [6.45, 7) is 16.1. The summed E-state index contributed by atoms with van der Waals surface area (Å²) in [6.07, 6.45) is 4.09. The number of nitrogens with one attached hydrogen (secondary N) is 1. The zero-order chi connectivity index (χ0) is 16.7. The molecule has 0 saturated carbocycles. The Kier molecular flexibility index (Phi) is 7.80. The molecule has 2 rings (SSSR count). The third-order valence-electron chi connectivity index (χ3n) is 5.36. The number of carbonyl (C=O) groups excluding carboxylic acids is 1. The molecular weight excluding hydrogens is 288 g/mol. The summed E-state index contributed by atoms with van der Waals surface area (Å²) in [6, 6.07) is 1.09. The van der Waals surface area contributed by atoms with E-state index in [1.807, 2.05) is 6.92 Å². The smallest absolute Gasteiger partial charge is 0.219 e. The Morgan fingerprint density at radius 1 is 1.00 bits per heavy atom. The molecule has 5 nitrogen and oxygen atoms in total.